The molecule has 2 N–H and O–H groups in total. The van der Waals surface area contributed by atoms with E-state index >= 15 is 0 Å². The van der Waals surface area contributed by atoms with Gasteiger partial charge in [0.2, 0.25) is 15.9 Å². The second-order valence-corrected chi connectivity index (χ2v) is 10.0. The number of halogens is 1. The number of anilines is 2. The van der Waals surface area contributed by atoms with Gasteiger partial charge in [0.25, 0.3) is 5.91 Å². The molecule has 0 aliphatic rings. The monoisotopic (exact) mass is 499 g/mol. The number of nitrogens with one attached hydrogen (secondary N) is 2. The minimum atomic E-state index is -3.55. The normalized spacial score (nSPS) is 11.0. The highest BCUT2D eigenvalue weighted by molar-refractivity contribution is 7.92. The molecule has 0 spiro atoms. The lowest BCUT2D eigenvalue weighted by molar-refractivity contribution is -0.116. The van der Waals surface area contributed by atoms with Crippen LogP contribution in [0.1, 0.15) is 28.8 Å². The van der Waals surface area contributed by atoms with Crippen LogP contribution in [0.15, 0.2) is 78.9 Å². The highest BCUT2D eigenvalue weighted by Gasteiger charge is 2.18. The average molecular weight is 500 g/mol. The number of rotatable bonds is 10. The van der Waals surface area contributed by atoms with Crippen molar-refractivity contribution in [3.05, 3.63) is 95.0 Å². The summed E-state index contributed by atoms with van der Waals surface area (Å²) in [6.45, 7) is 0.485. The maximum atomic E-state index is 12.7. The van der Waals surface area contributed by atoms with E-state index in [9.17, 15) is 18.0 Å². The lowest BCUT2D eigenvalue weighted by Gasteiger charge is -2.22. The summed E-state index contributed by atoms with van der Waals surface area (Å²) in [5, 5.41) is 6.04. The van der Waals surface area contributed by atoms with Gasteiger partial charge in [-0.25, -0.2) is 8.42 Å². The van der Waals surface area contributed by atoms with Crippen LogP contribution in [0.5, 0.6) is 0 Å². The molecule has 9 heteroatoms. The number of amides is 2. The van der Waals surface area contributed by atoms with E-state index in [0.29, 0.717) is 28.5 Å². The van der Waals surface area contributed by atoms with Crippen molar-refractivity contribution in [1.82, 2.24) is 5.32 Å². The predicted octanol–water partition coefficient (Wildman–Crippen LogP) is 4.45. The molecule has 3 rings (SSSR count). The zero-order valence-corrected chi connectivity index (χ0v) is 20.3. The zero-order valence-electron chi connectivity index (χ0n) is 18.7. The van der Waals surface area contributed by atoms with Gasteiger partial charge in [-0.2, -0.15) is 0 Å². The Morgan fingerprint density at radius 3 is 2.35 bits per heavy atom. The van der Waals surface area contributed by atoms with E-state index in [0.717, 1.165) is 11.8 Å². The molecule has 0 aliphatic carbocycles. The van der Waals surface area contributed by atoms with Gasteiger partial charge >= 0.3 is 0 Å². The van der Waals surface area contributed by atoms with E-state index in [1.165, 1.54) is 4.31 Å². The van der Waals surface area contributed by atoms with Crippen LogP contribution >= 0.6 is 11.6 Å². The molecule has 0 aliphatic heterocycles. The van der Waals surface area contributed by atoms with Crippen LogP contribution in [-0.4, -0.2) is 33.0 Å². The van der Waals surface area contributed by atoms with Gasteiger partial charge in [-0.05, 0) is 42.3 Å². The number of hydrogen-bond acceptors (Lipinski definition) is 4. The fraction of sp³-hybridized carbons (Fsp3) is 0.200. The molecule has 0 saturated heterocycles. The third-order valence-electron chi connectivity index (χ3n) is 5.00. The molecule has 3 aromatic rings. The first-order valence-corrected chi connectivity index (χ1v) is 12.9. The molecular formula is C25H26ClN3O4S. The van der Waals surface area contributed by atoms with Crippen molar-refractivity contribution in [2.45, 2.75) is 19.4 Å². The summed E-state index contributed by atoms with van der Waals surface area (Å²) in [6, 6.07) is 22.8. The molecule has 178 valence electrons. The van der Waals surface area contributed by atoms with E-state index in [1.807, 2.05) is 30.3 Å². The molecule has 0 saturated carbocycles. The van der Waals surface area contributed by atoms with E-state index in [1.54, 1.807) is 48.5 Å². The number of sulfonamides is 1. The summed E-state index contributed by atoms with van der Waals surface area (Å²) >= 11 is 5.99. The number of para-hydroxylation sites is 1. The number of carbonyl (C=O) groups is 2. The van der Waals surface area contributed by atoms with Crippen LogP contribution in [0, 0.1) is 0 Å². The van der Waals surface area contributed by atoms with E-state index in [-0.39, 0.29) is 31.2 Å². The van der Waals surface area contributed by atoms with Crippen molar-refractivity contribution in [3.8, 4) is 0 Å². The second kappa shape index (κ2) is 11.7. The smallest absolute Gasteiger partial charge is 0.253 e. The zero-order chi connectivity index (χ0) is 24.6. The lowest BCUT2D eigenvalue weighted by Crippen LogP contribution is -2.31. The van der Waals surface area contributed by atoms with Gasteiger partial charge in [0, 0.05) is 24.5 Å². The van der Waals surface area contributed by atoms with Gasteiger partial charge in [0.1, 0.15) is 0 Å². The van der Waals surface area contributed by atoms with Crippen LogP contribution in [0.2, 0.25) is 5.02 Å². The first-order chi connectivity index (χ1) is 16.2. The highest BCUT2D eigenvalue weighted by Crippen LogP contribution is 2.22. The van der Waals surface area contributed by atoms with Gasteiger partial charge in [-0.3, -0.25) is 13.9 Å². The Morgan fingerprint density at radius 1 is 0.941 bits per heavy atom. The summed E-state index contributed by atoms with van der Waals surface area (Å²) in [6.07, 6.45) is 1.47. The fourth-order valence-corrected chi connectivity index (χ4v) is 4.52. The number of nitrogens with zero attached hydrogens (tertiary/aromatic N) is 1. The number of carbonyl (C=O) groups excluding carboxylic acids is 2. The van der Waals surface area contributed by atoms with Crippen molar-refractivity contribution in [2.75, 3.05) is 22.4 Å². The summed E-state index contributed by atoms with van der Waals surface area (Å²) < 4.78 is 25.7. The average Bonchev–Trinajstić information content (AvgIpc) is 2.80. The first-order valence-electron chi connectivity index (χ1n) is 10.7. The maximum absolute atomic E-state index is 12.7. The Balaban J connectivity index is 1.59. The Labute approximate surface area is 204 Å². The van der Waals surface area contributed by atoms with E-state index in [2.05, 4.69) is 10.6 Å². The molecule has 2 amide bonds. The predicted molar refractivity (Wildman–Crippen MR) is 136 cm³/mol. The third-order valence-corrected chi connectivity index (χ3v) is 6.43. The minimum Gasteiger partial charge on any atom is -0.348 e. The topological polar surface area (TPSA) is 95.6 Å². The molecule has 34 heavy (non-hydrogen) atoms. The summed E-state index contributed by atoms with van der Waals surface area (Å²) in [5.74, 6) is -0.619. The summed E-state index contributed by atoms with van der Waals surface area (Å²) in [5.41, 5.74) is 2.15. The molecule has 0 bridgehead atoms. The molecule has 7 nitrogen and oxygen atoms in total. The summed E-state index contributed by atoms with van der Waals surface area (Å²) in [7, 11) is -3.55. The van der Waals surface area contributed by atoms with Crippen molar-refractivity contribution in [3.63, 3.8) is 0 Å². The fourth-order valence-electron chi connectivity index (χ4n) is 3.38. The van der Waals surface area contributed by atoms with Gasteiger partial charge in [0.15, 0.2) is 0 Å². The number of hydrogen-bond donors (Lipinski definition) is 2. The molecule has 0 unspecified atom stereocenters. The Kier molecular flexibility index (Phi) is 8.67. The third kappa shape index (κ3) is 7.33. The Hall–Kier alpha value is -3.36. The van der Waals surface area contributed by atoms with Crippen LogP contribution in [0.3, 0.4) is 0 Å². The summed E-state index contributed by atoms with van der Waals surface area (Å²) in [4.78, 5) is 25.2. The molecule has 0 heterocycles. The van der Waals surface area contributed by atoms with Gasteiger partial charge in [0.05, 0.1) is 23.2 Å². The highest BCUT2D eigenvalue weighted by atomic mass is 35.5. The van der Waals surface area contributed by atoms with Crippen LogP contribution in [0.25, 0.3) is 0 Å². The van der Waals surface area contributed by atoms with Crippen LogP contribution in [0.4, 0.5) is 11.4 Å². The molecule has 3 aromatic carbocycles. The largest absolute Gasteiger partial charge is 0.348 e. The quantitative estimate of drug-likeness (QED) is 0.430. The minimum absolute atomic E-state index is 0.0759. The molecule has 0 atom stereocenters. The standard InChI is InChI=1S/C25H26ClN3O4S/c1-34(32,33)29(21-12-7-11-20(26)17-21)16-8-15-24(30)28-23-14-6-5-13-22(23)25(31)27-18-19-9-3-2-4-10-19/h2-7,9-14,17H,8,15-16,18H2,1H3,(H,27,31)(H,28,30). The molecule has 0 fully saturated rings. The van der Waals surface area contributed by atoms with Gasteiger partial charge in [-0.1, -0.05) is 60.1 Å². The van der Waals surface area contributed by atoms with E-state index in [4.69, 9.17) is 11.6 Å². The molecule has 0 radical (unpaired) electrons. The Morgan fingerprint density at radius 2 is 1.65 bits per heavy atom. The number of benzene rings is 3. The lowest BCUT2D eigenvalue weighted by atomic mass is 10.1. The van der Waals surface area contributed by atoms with Crippen molar-refractivity contribution >= 4 is 44.8 Å². The van der Waals surface area contributed by atoms with Gasteiger partial charge in [-0.15, -0.1) is 0 Å². The van der Waals surface area contributed by atoms with E-state index < -0.39 is 10.0 Å². The van der Waals surface area contributed by atoms with Crippen LogP contribution < -0.4 is 14.9 Å². The SMILES string of the molecule is CS(=O)(=O)N(CCCC(=O)Nc1ccccc1C(=O)NCc1ccccc1)c1cccc(Cl)c1. The Bertz CT molecular complexity index is 1250. The molecule has 0 aromatic heterocycles. The van der Waals surface area contributed by atoms with Crippen molar-refractivity contribution in [2.24, 2.45) is 0 Å². The van der Waals surface area contributed by atoms with Crippen molar-refractivity contribution in [1.29, 1.82) is 0 Å². The second-order valence-electron chi connectivity index (χ2n) is 7.68. The van der Waals surface area contributed by atoms with Crippen molar-refractivity contribution < 1.29 is 18.0 Å². The molecular weight excluding hydrogens is 474 g/mol. The van der Waals surface area contributed by atoms with Gasteiger partial charge < -0.3 is 10.6 Å². The first kappa shape index (κ1) is 25.3. The maximum Gasteiger partial charge on any atom is 0.253 e. The van der Waals surface area contributed by atoms with Crippen LogP contribution in [-0.2, 0) is 21.4 Å².